The third-order valence-electron chi connectivity index (χ3n) is 4.27. The molecule has 5 nitrogen and oxygen atoms in total. The Bertz CT molecular complexity index is 518. The van der Waals surface area contributed by atoms with E-state index < -0.39 is 6.10 Å². The number of hydrogen-bond acceptors (Lipinski definition) is 4. The molecule has 22 heavy (non-hydrogen) atoms. The highest BCUT2D eigenvalue weighted by Gasteiger charge is 2.31. The van der Waals surface area contributed by atoms with Crippen LogP contribution in [-0.4, -0.2) is 30.7 Å². The van der Waals surface area contributed by atoms with E-state index in [0.29, 0.717) is 18.0 Å². The van der Waals surface area contributed by atoms with Gasteiger partial charge in [0, 0.05) is 12.1 Å². The lowest BCUT2D eigenvalue weighted by Gasteiger charge is -2.34. The molecule has 0 spiro atoms. The van der Waals surface area contributed by atoms with Crippen LogP contribution in [0.2, 0.25) is 0 Å². The van der Waals surface area contributed by atoms with Crippen molar-refractivity contribution in [2.45, 2.75) is 43.7 Å². The first kappa shape index (κ1) is 16.9. The number of carbonyl (C=O) groups is 1. The molecule has 1 aliphatic heterocycles. The monoisotopic (exact) mass is 326 g/mol. The number of ether oxygens (including phenoxy) is 2. The average Bonchev–Trinajstić information content (AvgIpc) is 2.53. The van der Waals surface area contributed by atoms with Crippen LogP contribution in [0.5, 0.6) is 11.5 Å². The molecule has 0 aromatic heterocycles. The molecule has 6 heteroatoms. The Morgan fingerprint density at radius 3 is 2.64 bits per heavy atom. The Labute approximate surface area is 137 Å². The molecule has 1 fully saturated rings. The molecule has 1 heterocycles. The molecule has 1 atom stereocenters. The molecule has 1 aromatic rings. The molecule has 1 amide bonds. The number of fused-ring (bicyclic) bond motifs is 1. The van der Waals surface area contributed by atoms with E-state index in [9.17, 15) is 4.79 Å². The van der Waals surface area contributed by atoms with Gasteiger partial charge < -0.3 is 20.5 Å². The predicted molar refractivity (Wildman–Crippen MR) is 86.6 cm³/mol. The Kier molecular flexibility index (Phi) is 5.53. The molecule has 0 bridgehead atoms. The first-order valence-electron chi connectivity index (χ1n) is 7.61. The van der Waals surface area contributed by atoms with Gasteiger partial charge in [0.25, 0.3) is 5.91 Å². The summed E-state index contributed by atoms with van der Waals surface area (Å²) in [6.07, 6.45) is 4.86. The number of rotatable bonds is 3. The highest BCUT2D eigenvalue weighted by atomic mass is 35.5. The van der Waals surface area contributed by atoms with Crippen molar-refractivity contribution in [3.8, 4) is 11.5 Å². The molecular weight excluding hydrogens is 304 g/mol. The van der Waals surface area contributed by atoms with E-state index in [4.69, 9.17) is 15.2 Å². The number of carbonyl (C=O) groups excluding carboxylic acids is 1. The van der Waals surface area contributed by atoms with Crippen LogP contribution in [0.1, 0.15) is 32.1 Å². The molecule has 122 valence electrons. The van der Waals surface area contributed by atoms with Crippen LogP contribution in [0.15, 0.2) is 24.3 Å². The van der Waals surface area contributed by atoms with Gasteiger partial charge in [-0.05, 0) is 25.0 Å². The van der Waals surface area contributed by atoms with Crippen molar-refractivity contribution >= 4 is 18.3 Å². The van der Waals surface area contributed by atoms with Crippen LogP contribution in [0.3, 0.4) is 0 Å². The van der Waals surface area contributed by atoms with Gasteiger partial charge in [-0.15, -0.1) is 12.4 Å². The summed E-state index contributed by atoms with van der Waals surface area (Å²) < 4.78 is 11.2. The van der Waals surface area contributed by atoms with Crippen LogP contribution < -0.4 is 20.5 Å². The smallest absolute Gasteiger partial charge is 0.264 e. The lowest BCUT2D eigenvalue weighted by atomic mass is 9.82. The molecule has 1 saturated carbocycles. The van der Waals surface area contributed by atoms with Crippen LogP contribution in [0.25, 0.3) is 0 Å². The fourth-order valence-corrected chi connectivity index (χ4v) is 2.96. The van der Waals surface area contributed by atoms with Gasteiger partial charge in [0.2, 0.25) is 6.10 Å². The molecule has 3 rings (SSSR count). The first-order chi connectivity index (χ1) is 10.2. The number of halogens is 1. The zero-order chi connectivity index (χ0) is 14.7. The van der Waals surface area contributed by atoms with Crippen molar-refractivity contribution in [3.05, 3.63) is 24.3 Å². The summed E-state index contributed by atoms with van der Waals surface area (Å²) in [4.78, 5) is 12.2. The molecule has 2 aliphatic rings. The van der Waals surface area contributed by atoms with Crippen molar-refractivity contribution < 1.29 is 14.3 Å². The quantitative estimate of drug-likeness (QED) is 0.891. The van der Waals surface area contributed by atoms with E-state index >= 15 is 0 Å². The number of para-hydroxylation sites is 2. The van der Waals surface area contributed by atoms with E-state index in [1.165, 1.54) is 6.42 Å². The SMILES string of the molecule is Cl.NC1(CNC(=O)C2COc3ccccc3O2)CCCCC1. The van der Waals surface area contributed by atoms with Gasteiger partial charge >= 0.3 is 0 Å². The zero-order valence-corrected chi connectivity index (χ0v) is 13.4. The molecule has 0 saturated heterocycles. The van der Waals surface area contributed by atoms with E-state index in [0.717, 1.165) is 25.7 Å². The largest absolute Gasteiger partial charge is 0.485 e. The Morgan fingerprint density at radius 2 is 1.91 bits per heavy atom. The maximum absolute atomic E-state index is 12.2. The summed E-state index contributed by atoms with van der Waals surface area (Å²) in [5.74, 6) is 1.15. The summed E-state index contributed by atoms with van der Waals surface area (Å²) >= 11 is 0. The molecule has 1 aromatic carbocycles. The van der Waals surface area contributed by atoms with Crippen molar-refractivity contribution in [1.29, 1.82) is 0 Å². The molecule has 1 unspecified atom stereocenters. The van der Waals surface area contributed by atoms with Crippen molar-refractivity contribution in [2.24, 2.45) is 5.73 Å². The topological polar surface area (TPSA) is 73.6 Å². The summed E-state index contributed by atoms with van der Waals surface area (Å²) in [5, 5.41) is 2.92. The van der Waals surface area contributed by atoms with Crippen LogP contribution in [0, 0.1) is 0 Å². The van der Waals surface area contributed by atoms with Gasteiger partial charge in [-0.25, -0.2) is 0 Å². The minimum absolute atomic E-state index is 0. The third-order valence-corrected chi connectivity index (χ3v) is 4.27. The second kappa shape index (κ2) is 7.20. The molecule has 3 N–H and O–H groups in total. The molecule has 1 aliphatic carbocycles. The maximum atomic E-state index is 12.2. The summed E-state index contributed by atoms with van der Waals surface area (Å²) in [7, 11) is 0. The first-order valence-corrected chi connectivity index (χ1v) is 7.61. The highest BCUT2D eigenvalue weighted by molar-refractivity contribution is 5.85. The van der Waals surface area contributed by atoms with Crippen molar-refractivity contribution in [3.63, 3.8) is 0 Å². The normalized spacial score (nSPS) is 22.3. The Balaban J connectivity index is 0.00000176. The molecular formula is C16H23ClN2O3. The predicted octanol–water partition coefficient (Wildman–Crippen LogP) is 2.03. The van der Waals surface area contributed by atoms with Gasteiger partial charge in [0.05, 0.1) is 0 Å². The highest BCUT2D eigenvalue weighted by Crippen LogP contribution is 2.31. The van der Waals surface area contributed by atoms with E-state index in [-0.39, 0.29) is 30.5 Å². The standard InChI is InChI=1S/C16H22N2O3.ClH/c17-16(8-4-1-5-9-16)11-18-15(19)14-10-20-12-6-2-3-7-13(12)21-14;/h2-3,6-7,14H,1,4-5,8-11,17H2,(H,18,19);1H. The lowest BCUT2D eigenvalue weighted by Crippen LogP contribution is -2.54. The minimum Gasteiger partial charge on any atom is -0.485 e. The van der Waals surface area contributed by atoms with Crippen molar-refractivity contribution in [1.82, 2.24) is 5.32 Å². The number of amides is 1. The summed E-state index contributed by atoms with van der Waals surface area (Å²) in [6, 6.07) is 7.38. The Hall–Kier alpha value is -1.46. The van der Waals surface area contributed by atoms with Gasteiger partial charge in [-0.3, -0.25) is 4.79 Å². The number of nitrogens with two attached hydrogens (primary N) is 1. The van der Waals surface area contributed by atoms with E-state index in [1.807, 2.05) is 18.2 Å². The van der Waals surface area contributed by atoms with Crippen LogP contribution in [-0.2, 0) is 4.79 Å². The van der Waals surface area contributed by atoms with Crippen LogP contribution in [0.4, 0.5) is 0 Å². The number of benzene rings is 1. The second-order valence-corrected chi connectivity index (χ2v) is 6.01. The third kappa shape index (κ3) is 3.84. The number of hydrogen-bond donors (Lipinski definition) is 2. The van der Waals surface area contributed by atoms with Crippen LogP contribution >= 0.6 is 12.4 Å². The molecule has 0 radical (unpaired) electrons. The number of nitrogens with one attached hydrogen (secondary N) is 1. The minimum atomic E-state index is -0.605. The zero-order valence-electron chi connectivity index (χ0n) is 12.5. The second-order valence-electron chi connectivity index (χ2n) is 6.01. The van der Waals surface area contributed by atoms with Crippen molar-refractivity contribution in [2.75, 3.05) is 13.2 Å². The van der Waals surface area contributed by atoms with Gasteiger partial charge in [0.15, 0.2) is 11.5 Å². The van der Waals surface area contributed by atoms with E-state index in [2.05, 4.69) is 5.32 Å². The van der Waals surface area contributed by atoms with Gasteiger partial charge in [-0.2, -0.15) is 0 Å². The summed E-state index contributed by atoms with van der Waals surface area (Å²) in [5.41, 5.74) is 6.06. The maximum Gasteiger partial charge on any atom is 0.264 e. The van der Waals surface area contributed by atoms with E-state index in [1.54, 1.807) is 6.07 Å². The lowest BCUT2D eigenvalue weighted by molar-refractivity contribution is -0.130. The van der Waals surface area contributed by atoms with Gasteiger partial charge in [0.1, 0.15) is 6.61 Å². The summed E-state index contributed by atoms with van der Waals surface area (Å²) in [6.45, 7) is 0.744. The Morgan fingerprint density at radius 1 is 1.23 bits per heavy atom. The van der Waals surface area contributed by atoms with Gasteiger partial charge in [-0.1, -0.05) is 31.4 Å². The fourth-order valence-electron chi connectivity index (χ4n) is 2.96. The fraction of sp³-hybridized carbons (Fsp3) is 0.562. The average molecular weight is 327 g/mol.